The summed E-state index contributed by atoms with van der Waals surface area (Å²) in [5.74, 6) is -0.0744. The van der Waals surface area contributed by atoms with Crippen LogP contribution in [0.2, 0.25) is 5.02 Å². The first-order chi connectivity index (χ1) is 11.5. The maximum atomic E-state index is 12.4. The van der Waals surface area contributed by atoms with Gasteiger partial charge in [-0.1, -0.05) is 35.9 Å². The van der Waals surface area contributed by atoms with E-state index in [-0.39, 0.29) is 24.2 Å². The van der Waals surface area contributed by atoms with Crippen LogP contribution >= 0.6 is 11.6 Å². The second-order valence-electron chi connectivity index (χ2n) is 5.92. The third-order valence-corrected chi connectivity index (χ3v) is 4.41. The van der Waals surface area contributed by atoms with E-state index in [1.54, 1.807) is 17.0 Å². The van der Waals surface area contributed by atoms with Gasteiger partial charge >= 0.3 is 0 Å². The topological polar surface area (TPSA) is 62.3 Å². The van der Waals surface area contributed by atoms with Crippen molar-refractivity contribution < 1.29 is 9.59 Å². The Kier molecular flexibility index (Phi) is 4.81. The van der Waals surface area contributed by atoms with Crippen LogP contribution in [0.1, 0.15) is 17.7 Å². The summed E-state index contributed by atoms with van der Waals surface area (Å²) in [5, 5.41) is 3.41. The molecular formula is C18H18ClN3O2. The molecule has 1 aliphatic rings. The van der Waals surface area contributed by atoms with Crippen LogP contribution in [0.25, 0.3) is 0 Å². The molecule has 0 aliphatic carbocycles. The Morgan fingerprint density at radius 3 is 2.83 bits per heavy atom. The van der Waals surface area contributed by atoms with Gasteiger partial charge in [-0.2, -0.15) is 0 Å². The number of anilines is 1. The van der Waals surface area contributed by atoms with E-state index in [1.165, 1.54) is 0 Å². The largest absolute Gasteiger partial charge is 0.337 e. The number of nitrogens with one attached hydrogen (secondary N) is 1. The van der Waals surface area contributed by atoms with Gasteiger partial charge in [0.25, 0.3) is 0 Å². The molecule has 1 aromatic heterocycles. The fraction of sp³-hybridized carbons (Fsp3) is 0.278. The summed E-state index contributed by atoms with van der Waals surface area (Å²) in [6, 6.07) is 12.9. The summed E-state index contributed by atoms with van der Waals surface area (Å²) in [7, 11) is 0. The summed E-state index contributed by atoms with van der Waals surface area (Å²) >= 11 is 6.15. The first-order valence-corrected chi connectivity index (χ1v) is 8.16. The van der Waals surface area contributed by atoms with Gasteiger partial charge in [0.15, 0.2) is 0 Å². The average molecular weight is 344 g/mol. The highest BCUT2D eigenvalue weighted by Gasteiger charge is 2.34. The van der Waals surface area contributed by atoms with E-state index in [0.29, 0.717) is 23.9 Å². The lowest BCUT2D eigenvalue weighted by molar-refractivity contribution is -0.128. The molecule has 1 saturated heterocycles. The Morgan fingerprint density at radius 2 is 2.08 bits per heavy atom. The van der Waals surface area contributed by atoms with Crippen LogP contribution in [0, 0.1) is 12.8 Å². The highest BCUT2D eigenvalue weighted by molar-refractivity contribution is 6.31. The number of aryl methyl sites for hydroxylation is 1. The SMILES string of the molecule is Cc1cccc(NC(=O)[C@H]2CC(=O)N(Cc3ccccc3Cl)C2)n1. The van der Waals surface area contributed by atoms with Gasteiger partial charge in [-0.05, 0) is 30.7 Å². The van der Waals surface area contributed by atoms with Gasteiger partial charge < -0.3 is 10.2 Å². The van der Waals surface area contributed by atoms with Crippen molar-refractivity contribution in [3.8, 4) is 0 Å². The van der Waals surface area contributed by atoms with Crippen molar-refractivity contribution in [2.45, 2.75) is 19.9 Å². The molecule has 24 heavy (non-hydrogen) atoms. The fourth-order valence-corrected chi connectivity index (χ4v) is 2.97. The number of pyridine rings is 1. The van der Waals surface area contributed by atoms with Crippen molar-refractivity contribution in [3.63, 3.8) is 0 Å². The van der Waals surface area contributed by atoms with Gasteiger partial charge in [0.1, 0.15) is 5.82 Å². The first kappa shape index (κ1) is 16.5. The predicted molar refractivity (Wildman–Crippen MR) is 92.6 cm³/mol. The third-order valence-electron chi connectivity index (χ3n) is 4.04. The second kappa shape index (κ2) is 7.01. The minimum absolute atomic E-state index is 0.0349. The second-order valence-corrected chi connectivity index (χ2v) is 6.33. The van der Waals surface area contributed by atoms with Crippen LogP contribution < -0.4 is 5.32 Å². The van der Waals surface area contributed by atoms with Gasteiger partial charge in [-0.3, -0.25) is 9.59 Å². The number of benzene rings is 1. The molecule has 2 heterocycles. The lowest BCUT2D eigenvalue weighted by Crippen LogP contribution is -2.28. The summed E-state index contributed by atoms with van der Waals surface area (Å²) in [6.45, 7) is 2.67. The number of rotatable bonds is 4. The van der Waals surface area contributed by atoms with Gasteiger partial charge in [0.05, 0.1) is 5.92 Å². The number of halogens is 1. The fourth-order valence-electron chi connectivity index (χ4n) is 2.77. The molecule has 3 rings (SSSR count). The Balaban J connectivity index is 1.64. The molecule has 1 fully saturated rings. The highest BCUT2D eigenvalue weighted by Crippen LogP contribution is 2.24. The van der Waals surface area contributed by atoms with Gasteiger partial charge in [-0.25, -0.2) is 4.98 Å². The zero-order chi connectivity index (χ0) is 17.1. The van der Waals surface area contributed by atoms with Crippen molar-refractivity contribution in [1.29, 1.82) is 0 Å². The van der Waals surface area contributed by atoms with Crippen molar-refractivity contribution in [1.82, 2.24) is 9.88 Å². The van der Waals surface area contributed by atoms with Crippen LogP contribution in [0.4, 0.5) is 5.82 Å². The average Bonchev–Trinajstić information content (AvgIpc) is 2.91. The zero-order valence-electron chi connectivity index (χ0n) is 13.3. The van der Waals surface area contributed by atoms with E-state index in [9.17, 15) is 9.59 Å². The van der Waals surface area contributed by atoms with Gasteiger partial charge in [-0.15, -0.1) is 0 Å². The van der Waals surface area contributed by atoms with Crippen molar-refractivity contribution in [3.05, 3.63) is 58.7 Å². The normalized spacial score (nSPS) is 17.2. The Morgan fingerprint density at radius 1 is 1.29 bits per heavy atom. The number of nitrogens with zero attached hydrogens (tertiary/aromatic N) is 2. The molecule has 2 aromatic rings. The number of likely N-dealkylation sites (tertiary alicyclic amines) is 1. The van der Waals surface area contributed by atoms with Crippen LogP contribution in [0.3, 0.4) is 0 Å². The molecule has 124 valence electrons. The molecule has 0 radical (unpaired) electrons. The summed E-state index contributed by atoms with van der Waals surface area (Å²) in [6.07, 6.45) is 0.210. The number of aromatic nitrogens is 1. The molecule has 0 spiro atoms. The third kappa shape index (κ3) is 3.74. The standard InChI is InChI=1S/C18H18ClN3O2/c1-12-5-4-8-16(20-12)21-18(24)14-9-17(23)22(11-14)10-13-6-2-3-7-15(13)19/h2-8,14H,9-11H2,1H3,(H,20,21,24)/t14-/m0/s1. The summed E-state index contributed by atoms with van der Waals surface area (Å²) < 4.78 is 0. The van der Waals surface area contributed by atoms with Crippen LogP contribution in [0.5, 0.6) is 0 Å². The van der Waals surface area contributed by atoms with Gasteiger partial charge in [0.2, 0.25) is 11.8 Å². The molecule has 1 atom stereocenters. The molecule has 1 aromatic carbocycles. The minimum atomic E-state index is -0.373. The van der Waals surface area contributed by atoms with Crippen molar-refractivity contribution in [2.75, 3.05) is 11.9 Å². The smallest absolute Gasteiger partial charge is 0.230 e. The quantitative estimate of drug-likeness (QED) is 0.928. The molecule has 2 amide bonds. The molecule has 0 saturated carbocycles. The van der Waals surface area contributed by atoms with E-state index >= 15 is 0 Å². The Hall–Kier alpha value is -2.40. The van der Waals surface area contributed by atoms with Gasteiger partial charge in [0, 0.05) is 30.2 Å². The zero-order valence-corrected chi connectivity index (χ0v) is 14.1. The number of hydrogen-bond acceptors (Lipinski definition) is 3. The van der Waals surface area contributed by atoms with E-state index in [1.807, 2.05) is 37.3 Å². The van der Waals surface area contributed by atoms with Crippen molar-refractivity contribution in [2.24, 2.45) is 5.92 Å². The van der Waals surface area contributed by atoms with Crippen LogP contribution in [-0.4, -0.2) is 28.2 Å². The number of carbonyl (C=O) groups excluding carboxylic acids is 2. The number of hydrogen-bond donors (Lipinski definition) is 1. The molecular weight excluding hydrogens is 326 g/mol. The lowest BCUT2D eigenvalue weighted by Gasteiger charge is -2.17. The Bertz CT molecular complexity index is 778. The molecule has 5 nitrogen and oxygen atoms in total. The summed E-state index contributed by atoms with van der Waals surface area (Å²) in [4.78, 5) is 30.5. The summed E-state index contributed by atoms with van der Waals surface area (Å²) in [5.41, 5.74) is 1.71. The van der Waals surface area contributed by atoms with Crippen molar-refractivity contribution >= 4 is 29.2 Å². The van der Waals surface area contributed by atoms with E-state index < -0.39 is 0 Å². The molecule has 0 bridgehead atoms. The van der Waals surface area contributed by atoms with Crippen LogP contribution in [-0.2, 0) is 16.1 Å². The number of carbonyl (C=O) groups is 2. The van der Waals surface area contributed by atoms with E-state index in [0.717, 1.165) is 11.3 Å². The molecule has 1 N–H and O–H groups in total. The Labute approximate surface area is 145 Å². The lowest BCUT2D eigenvalue weighted by atomic mass is 10.1. The minimum Gasteiger partial charge on any atom is -0.337 e. The van der Waals surface area contributed by atoms with E-state index in [2.05, 4.69) is 10.3 Å². The van der Waals surface area contributed by atoms with E-state index in [4.69, 9.17) is 11.6 Å². The van der Waals surface area contributed by atoms with Crippen LogP contribution in [0.15, 0.2) is 42.5 Å². The predicted octanol–water partition coefficient (Wildman–Crippen LogP) is 3.03. The maximum absolute atomic E-state index is 12.4. The molecule has 1 aliphatic heterocycles. The monoisotopic (exact) mass is 343 g/mol. The maximum Gasteiger partial charge on any atom is 0.230 e. The molecule has 0 unspecified atom stereocenters. The highest BCUT2D eigenvalue weighted by atomic mass is 35.5. The first-order valence-electron chi connectivity index (χ1n) is 7.78. The number of amides is 2. The molecule has 6 heteroatoms.